The number of nitrogens with zero attached hydrogens (tertiary/aromatic N) is 1. The number of aliphatic hydroxyl groups is 1. The van der Waals surface area contributed by atoms with Gasteiger partial charge >= 0.3 is 0 Å². The number of aliphatic hydroxyl groups excluding tert-OH is 1. The molecule has 1 amide bonds. The van der Waals surface area contributed by atoms with Crippen LogP contribution in [0.5, 0.6) is 5.75 Å². The molecular weight excluding hydrogens is 330 g/mol. The van der Waals surface area contributed by atoms with E-state index in [9.17, 15) is 14.7 Å². The molecule has 5 rings (SSSR count). The number of hydrogen-bond donors (Lipinski definition) is 1. The van der Waals surface area contributed by atoms with Gasteiger partial charge in [0.15, 0.2) is 5.78 Å². The molecule has 1 spiro atoms. The van der Waals surface area contributed by atoms with Gasteiger partial charge in [-0.05, 0) is 50.7 Å². The van der Waals surface area contributed by atoms with Crippen molar-refractivity contribution in [3.8, 4) is 5.75 Å². The number of rotatable bonds is 1. The zero-order valence-electron chi connectivity index (χ0n) is 15.1. The fraction of sp³-hybridized carbons (Fsp3) is 0.619. The molecule has 1 saturated heterocycles. The number of benzene rings is 1. The van der Waals surface area contributed by atoms with Crippen LogP contribution in [-0.2, 0) is 4.79 Å². The molecule has 4 atom stereocenters. The third-order valence-corrected chi connectivity index (χ3v) is 6.95. The molecule has 3 fully saturated rings. The third-order valence-electron chi connectivity index (χ3n) is 6.95. The zero-order valence-corrected chi connectivity index (χ0v) is 15.1. The van der Waals surface area contributed by atoms with Gasteiger partial charge in [0, 0.05) is 24.9 Å². The smallest absolute Gasteiger partial charge is 0.226 e. The lowest BCUT2D eigenvalue weighted by atomic mass is 9.83. The summed E-state index contributed by atoms with van der Waals surface area (Å²) in [6, 6.07) is 5.79. The van der Waals surface area contributed by atoms with Crippen LogP contribution in [0.1, 0.15) is 48.0 Å². The van der Waals surface area contributed by atoms with E-state index in [0.29, 0.717) is 49.6 Å². The van der Waals surface area contributed by atoms with Crippen LogP contribution >= 0.6 is 0 Å². The van der Waals surface area contributed by atoms with Gasteiger partial charge < -0.3 is 14.7 Å². The van der Waals surface area contributed by atoms with E-state index < -0.39 is 5.60 Å². The van der Waals surface area contributed by atoms with E-state index in [1.54, 1.807) is 0 Å². The van der Waals surface area contributed by atoms with Crippen molar-refractivity contribution >= 4 is 11.7 Å². The van der Waals surface area contributed by atoms with Crippen molar-refractivity contribution in [1.29, 1.82) is 0 Å². The van der Waals surface area contributed by atoms with Gasteiger partial charge in [0.05, 0.1) is 18.1 Å². The molecule has 2 aliphatic carbocycles. The number of hydrogen-bond acceptors (Lipinski definition) is 4. The van der Waals surface area contributed by atoms with Crippen LogP contribution in [0.4, 0.5) is 0 Å². The van der Waals surface area contributed by atoms with E-state index in [-0.39, 0.29) is 29.6 Å². The van der Waals surface area contributed by atoms with Gasteiger partial charge in [-0.2, -0.15) is 0 Å². The molecule has 5 nitrogen and oxygen atoms in total. The summed E-state index contributed by atoms with van der Waals surface area (Å²) in [6.45, 7) is 3.27. The first-order valence-electron chi connectivity index (χ1n) is 9.78. The largest absolute Gasteiger partial charge is 0.486 e. The Balaban J connectivity index is 1.37. The second kappa shape index (κ2) is 5.56. The highest BCUT2D eigenvalue weighted by atomic mass is 16.5. The number of aryl methyl sites for hydroxylation is 1. The van der Waals surface area contributed by atoms with E-state index in [0.717, 1.165) is 18.4 Å². The fourth-order valence-corrected chi connectivity index (χ4v) is 5.56. The van der Waals surface area contributed by atoms with Crippen molar-refractivity contribution in [2.24, 2.45) is 17.8 Å². The lowest BCUT2D eigenvalue weighted by Crippen LogP contribution is -2.46. The second-order valence-corrected chi connectivity index (χ2v) is 8.58. The molecular formula is C21H25NO4. The topological polar surface area (TPSA) is 66.8 Å². The lowest BCUT2D eigenvalue weighted by Gasteiger charge is -2.38. The molecule has 26 heavy (non-hydrogen) atoms. The number of amides is 1. The fourth-order valence-electron chi connectivity index (χ4n) is 5.56. The molecule has 2 aliphatic heterocycles. The summed E-state index contributed by atoms with van der Waals surface area (Å²) in [7, 11) is 0. The Kier molecular flexibility index (Phi) is 3.48. The van der Waals surface area contributed by atoms with Crippen molar-refractivity contribution in [2.75, 3.05) is 13.1 Å². The number of likely N-dealkylation sites (tertiary alicyclic amines) is 1. The normalized spacial score (nSPS) is 35.8. The number of piperidine rings is 1. The van der Waals surface area contributed by atoms with Crippen molar-refractivity contribution in [3.05, 3.63) is 29.3 Å². The number of Topliss-reactive ketones (excluding diaryl/α,β-unsaturated/α-hetero) is 1. The van der Waals surface area contributed by atoms with Gasteiger partial charge in [-0.1, -0.05) is 11.6 Å². The standard InChI is InChI=1S/C21H25NO4/c1-12-2-3-17-15(10-12)16(24)11-21(26-17)7-4-14-18(19(14)21)20(25)22-8-5-13(23)6-9-22/h2-3,10,13-14,18-19,23H,4-9,11H2,1H3/t14-,18-,19-,21-/m1/s1. The Morgan fingerprint density at radius 3 is 2.81 bits per heavy atom. The quantitative estimate of drug-likeness (QED) is 0.840. The highest BCUT2D eigenvalue weighted by Gasteiger charge is 2.71. The van der Waals surface area contributed by atoms with Crippen LogP contribution in [0.15, 0.2) is 18.2 Å². The van der Waals surface area contributed by atoms with Gasteiger partial charge in [-0.3, -0.25) is 9.59 Å². The lowest BCUT2D eigenvalue weighted by molar-refractivity contribution is -0.136. The Morgan fingerprint density at radius 2 is 2.04 bits per heavy atom. The van der Waals surface area contributed by atoms with Crippen LogP contribution in [0.3, 0.4) is 0 Å². The number of carbonyl (C=O) groups excluding carboxylic acids is 2. The molecule has 1 aromatic carbocycles. The van der Waals surface area contributed by atoms with Crippen LogP contribution in [0, 0.1) is 24.7 Å². The Morgan fingerprint density at radius 1 is 1.27 bits per heavy atom. The number of carbonyl (C=O) groups is 2. The highest BCUT2D eigenvalue weighted by molar-refractivity contribution is 6.01. The number of ketones is 1. The highest BCUT2D eigenvalue weighted by Crippen LogP contribution is 2.66. The third kappa shape index (κ3) is 2.33. The Hall–Kier alpha value is -1.88. The van der Waals surface area contributed by atoms with Crippen molar-refractivity contribution in [2.45, 2.75) is 50.7 Å². The molecule has 1 N–H and O–H groups in total. The van der Waals surface area contributed by atoms with Gasteiger partial charge in [0.1, 0.15) is 11.4 Å². The maximum Gasteiger partial charge on any atom is 0.226 e. The molecule has 2 saturated carbocycles. The first-order valence-corrected chi connectivity index (χ1v) is 9.78. The predicted molar refractivity (Wildman–Crippen MR) is 95.0 cm³/mol. The van der Waals surface area contributed by atoms with E-state index >= 15 is 0 Å². The maximum atomic E-state index is 13.0. The Labute approximate surface area is 153 Å². The monoisotopic (exact) mass is 355 g/mol. The summed E-state index contributed by atoms with van der Waals surface area (Å²) in [6.07, 6.45) is 3.29. The van der Waals surface area contributed by atoms with Gasteiger partial charge in [-0.25, -0.2) is 0 Å². The van der Waals surface area contributed by atoms with Gasteiger partial charge in [0.2, 0.25) is 5.91 Å². The van der Waals surface area contributed by atoms with E-state index in [1.807, 2.05) is 30.0 Å². The summed E-state index contributed by atoms with van der Waals surface area (Å²) in [5, 5.41) is 9.67. The molecule has 0 aromatic heterocycles. The van der Waals surface area contributed by atoms with E-state index in [1.165, 1.54) is 0 Å². The average molecular weight is 355 g/mol. The van der Waals surface area contributed by atoms with Crippen molar-refractivity contribution in [3.63, 3.8) is 0 Å². The van der Waals surface area contributed by atoms with E-state index in [2.05, 4.69) is 0 Å². The minimum atomic E-state index is -0.486. The van der Waals surface area contributed by atoms with Gasteiger partial charge in [-0.15, -0.1) is 0 Å². The maximum absolute atomic E-state index is 13.0. The molecule has 4 aliphatic rings. The first kappa shape index (κ1) is 16.3. The summed E-state index contributed by atoms with van der Waals surface area (Å²) < 4.78 is 6.41. The SMILES string of the molecule is Cc1ccc2c(c1)C(=O)C[C@@]1(CC[C@@H]3[C@@H](C(=O)N4CCC(O)CC4)[C@@H]31)O2. The summed E-state index contributed by atoms with van der Waals surface area (Å²) in [4.78, 5) is 27.7. The molecule has 5 heteroatoms. The minimum Gasteiger partial charge on any atom is -0.486 e. The second-order valence-electron chi connectivity index (χ2n) is 8.58. The average Bonchev–Trinajstić information content (AvgIpc) is 3.27. The zero-order chi connectivity index (χ0) is 18.1. The van der Waals surface area contributed by atoms with Crippen molar-refractivity contribution < 1.29 is 19.4 Å². The van der Waals surface area contributed by atoms with Crippen molar-refractivity contribution in [1.82, 2.24) is 4.90 Å². The van der Waals surface area contributed by atoms with Crippen LogP contribution in [0.25, 0.3) is 0 Å². The number of fused-ring (bicyclic) bond motifs is 3. The molecule has 0 bridgehead atoms. The van der Waals surface area contributed by atoms with Crippen LogP contribution < -0.4 is 4.74 Å². The molecule has 0 radical (unpaired) electrons. The van der Waals surface area contributed by atoms with E-state index in [4.69, 9.17) is 4.74 Å². The van der Waals surface area contributed by atoms with Crippen LogP contribution in [0.2, 0.25) is 0 Å². The van der Waals surface area contributed by atoms with Crippen LogP contribution in [-0.4, -0.2) is 46.5 Å². The first-order chi connectivity index (χ1) is 12.5. The van der Waals surface area contributed by atoms with Gasteiger partial charge in [0.25, 0.3) is 0 Å². The Bertz CT molecular complexity index is 782. The predicted octanol–water partition coefficient (Wildman–Crippen LogP) is 2.34. The number of ether oxygens (including phenoxy) is 1. The molecule has 138 valence electrons. The summed E-state index contributed by atoms with van der Waals surface area (Å²) in [5.74, 6) is 1.56. The summed E-state index contributed by atoms with van der Waals surface area (Å²) >= 11 is 0. The molecule has 2 heterocycles. The summed E-state index contributed by atoms with van der Waals surface area (Å²) in [5.41, 5.74) is 1.26. The molecule has 1 aromatic rings. The minimum absolute atomic E-state index is 0.00112. The molecule has 0 unspecified atom stereocenters.